The molecule has 0 bridgehead atoms. The standard InChI is InChI=1S/C24H28N2O6/c1-16(2)14-32-24(30)18-6-10-20(11-7-18)26-22(28)15-31-23(29)13-12-21(27)25-19-8-4-17(3)5-9-19/h4-11,16H,12-15H2,1-3H3,(H,25,27)(H,26,28). The van der Waals surface area contributed by atoms with Gasteiger partial charge in [0.25, 0.3) is 5.91 Å². The van der Waals surface area contributed by atoms with Gasteiger partial charge in [-0.15, -0.1) is 0 Å². The number of hydrogen-bond donors (Lipinski definition) is 2. The van der Waals surface area contributed by atoms with E-state index in [9.17, 15) is 19.2 Å². The summed E-state index contributed by atoms with van der Waals surface area (Å²) in [6, 6.07) is 13.5. The van der Waals surface area contributed by atoms with Crippen molar-refractivity contribution >= 4 is 35.1 Å². The molecule has 2 N–H and O–H groups in total. The van der Waals surface area contributed by atoms with E-state index < -0.39 is 24.5 Å². The lowest BCUT2D eigenvalue weighted by Gasteiger charge is -2.09. The van der Waals surface area contributed by atoms with E-state index in [-0.39, 0.29) is 24.7 Å². The predicted molar refractivity (Wildman–Crippen MR) is 120 cm³/mol. The van der Waals surface area contributed by atoms with Crippen molar-refractivity contribution in [3.8, 4) is 0 Å². The number of aryl methyl sites for hydroxylation is 1. The Hall–Kier alpha value is -3.68. The van der Waals surface area contributed by atoms with Crippen molar-refractivity contribution < 1.29 is 28.7 Å². The quantitative estimate of drug-likeness (QED) is 0.545. The summed E-state index contributed by atoms with van der Waals surface area (Å²) in [5.41, 5.74) is 2.54. The molecule has 0 saturated heterocycles. The lowest BCUT2D eigenvalue weighted by atomic mass is 10.2. The topological polar surface area (TPSA) is 111 Å². The summed E-state index contributed by atoms with van der Waals surface area (Å²) in [7, 11) is 0. The molecule has 2 rings (SSSR count). The summed E-state index contributed by atoms with van der Waals surface area (Å²) in [5, 5.41) is 5.26. The van der Waals surface area contributed by atoms with Gasteiger partial charge in [0.05, 0.1) is 18.6 Å². The van der Waals surface area contributed by atoms with Gasteiger partial charge >= 0.3 is 11.9 Å². The van der Waals surface area contributed by atoms with Crippen molar-refractivity contribution in [3.05, 3.63) is 59.7 Å². The molecule has 0 saturated carbocycles. The van der Waals surface area contributed by atoms with Crippen LogP contribution in [0.25, 0.3) is 0 Å². The third kappa shape index (κ3) is 8.99. The molecule has 170 valence electrons. The number of nitrogens with one attached hydrogen (secondary N) is 2. The second kappa shape index (κ2) is 12.2. The summed E-state index contributed by atoms with van der Waals surface area (Å²) in [5.74, 6) is -1.69. The average molecular weight is 440 g/mol. The first kappa shape index (κ1) is 24.6. The molecule has 0 fully saturated rings. The number of carbonyl (C=O) groups excluding carboxylic acids is 4. The van der Waals surface area contributed by atoms with Crippen LogP contribution in [0.2, 0.25) is 0 Å². The fourth-order valence-corrected chi connectivity index (χ4v) is 2.51. The highest BCUT2D eigenvalue weighted by molar-refractivity contribution is 5.95. The van der Waals surface area contributed by atoms with Crippen molar-refractivity contribution in [2.75, 3.05) is 23.8 Å². The summed E-state index contributed by atoms with van der Waals surface area (Å²) >= 11 is 0. The smallest absolute Gasteiger partial charge is 0.338 e. The van der Waals surface area contributed by atoms with E-state index in [1.54, 1.807) is 24.3 Å². The minimum atomic E-state index is -0.651. The fourth-order valence-electron chi connectivity index (χ4n) is 2.51. The molecule has 0 unspecified atom stereocenters. The summed E-state index contributed by atoms with van der Waals surface area (Å²) in [4.78, 5) is 47.5. The van der Waals surface area contributed by atoms with Gasteiger partial charge in [0, 0.05) is 17.8 Å². The second-order valence-corrected chi connectivity index (χ2v) is 7.69. The number of rotatable bonds is 10. The number of ether oxygens (including phenoxy) is 2. The van der Waals surface area contributed by atoms with Gasteiger partial charge in [0.2, 0.25) is 5.91 Å². The van der Waals surface area contributed by atoms with E-state index >= 15 is 0 Å². The number of benzene rings is 2. The van der Waals surface area contributed by atoms with Gasteiger partial charge in [0.15, 0.2) is 6.61 Å². The molecule has 0 aromatic heterocycles. The molecular weight excluding hydrogens is 412 g/mol. The van der Waals surface area contributed by atoms with Crippen LogP contribution in [0.4, 0.5) is 11.4 Å². The predicted octanol–water partition coefficient (Wildman–Crippen LogP) is 3.71. The Balaban J connectivity index is 1.68. The molecule has 0 heterocycles. The maximum atomic E-state index is 12.0. The van der Waals surface area contributed by atoms with Crippen LogP contribution in [0.5, 0.6) is 0 Å². The minimum Gasteiger partial charge on any atom is -0.462 e. The van der Waals surface area contributed by atoms with Gasteiger partial charge in [0.1, 0.15) is 0 Å². The molecule has 0 aliphatic heterocycles. The fraction of sp³-hybridized carbons (Fsp3) is 0.333. The van der Waals surface area contributed by atoms with Crippen LogP contribution in [0.15, 0.2) is 48.5 Å². The molecule has 0 aliphatic rings. The molecule has 32 heavy (non-hydrogen) atoms. The van der Waals surface area contributed by atoms with Crippen LogP contribution in [0, 0.1) is 12.8 Å². The van der Waals surface area contributed by atoms with Crippen molar-refractivity contribution in [1.82, 2.24) is 0 Å². The van der Waals surface area contributed by atoms with Gasteiger partial charge < -0.3 is 20.1 Å². The monoisotopic (exact) mass is 440 g/mol. The zero-order valence-corrected chi connectivity index (χ0v) is 18.5. The SMILES string of the molecule is Cc1ccc(NC(=O)CCC(=O)OCC(=O)Nc2ccc(C(=O)OCC(C)C)cc2)cc1. The van der Waals surface area contributed by atoms with Crippen molar-refractivity contribution in [2.24, 2.45) is 5.92 Å². The highest BCUT2D eigenvalue weighted by Gasteiger charge is 2.12. The van der Waals surface area contributed by atoms with Crippen molar-refractivity contribution in [2.45, 2.75) is 33.6 Å². The third-order valence-corrected chi connectivity index (χ3v) is 4.21. The van der Waals surface area contributed by atoms with Crippen LogP contribution in [-0.4, -0.2) is 37.0 Å². The van der Waals surface area contributed by atoms with E-state index in [1.807, 2.05) is 32.9 Å². The summed E-state index contributed by atoms with van der Waals surface area (Å²) < 4.78 is 10.0. The summed E-state index contributed by atoms with van der Waals surface area (Å²) in [6.45, 7) is 5.68. The first-order chi connectivity index (χ1) is 15.2. The Kier molecular flexibility index (Phi) is 9.41. The molecule has 0 aliphatic carbocycles. The van der Waals surface area contributed by atoms with Crippen LogP contribution >= 0.6 is 0 Å². The number of esters is 2. The Labute approximate surface area is 187 Å². The first-order valence-corrected chi connectivity index (χ1v) is 10.3. The molecule has 0 spiro atoms. The maximum Gasteiger partial charge on any atom is 0.338 e. The number of carbonyl (C=O) groups is 4. The van der Waals surface area contributed by atoms with Crippen LogP contribution < -0.4 is 10.6 Å². The maximum absolute atomic E-state index is 12.0. The largest absolute Gasteiger partial charge is 0.462 e. The van der Waals surface area contributed by atoms with Crippen LogP contribution in [-0.2, 0) is 23.9 Å². The lowest BCUT2D eigenvalue weighted by Crippen LogP contribution is -2.21. The number of amides is 2. The van der Waals surface area contributed by atoms with Gasteiger partial charge in [-0.2, -0.15) is 0 Å². The zero-order chi connectivity index (χ0) is 23.5. The van der Waals surface area contributed by atoms with E-state index in [4.69, 9.17) is 9.47 Å². The minimum absolute atomic E-state index is 0.0529. The van der Waals surface area contributed by atoms with Crippen molar-refractivity contribution in [3.63, 3.8) is 0 Å². The van der Waals surface area contributed by atoms with E-state index in [0.29, 0.717) is 23.5 Å². The van der Waals surface area contributed by atoms with Gasteiger partial charge in [-0.25, -0.2) is 4.79 Å². The average Bonchev–Trinajstić information content (AvgIpc) is 2.76. The lowest BCUT2D eigenvalue weighted by molar-refractivity contribution is -0.147. The molecule has 8 nitrogen and oxygen atoms in total. The van der Waals surface area contributed by atoms with Gasteiger partial charge in [-0.1, -0.05) is 31.5 Å². The molecule has 2 aromatic carbocycles. The third-order valence-electron chi connectivity index (χ3n) is 4.21. The van der Waals surface area contributed by atoms with E-state index in [2.05, 4.69) is 10.6 Å². The highest BCUT2D eigenvalue weighted by atomic mass is 16.5. The highest BCUT2D eigenvalue weighted by Crippen LogP contribution is 2.12. The normalized spacial score (nSPS) is 10.4. The first-order valence-electron chi connectivity index (χ1n) is 10.3. The second-order valence-electron chi connectivity index (χ2n) is 7.69. The Bertz CT molecular complexity index is 936. The molecule has 0 atom stereocenters. The Morgan fingerprint density at radius 3 is 1.94 bits per heavy atom. The van der Waals surface area contributed by atoms with Gasteiger partial charge in [-0.05, 0) is 49.2 Å². The molecule has 2 aromatic rings. The molecule has 0 radical (unpaired) electrons. The Morgan fingerprint density at radius 1 is 0.781 bits per heavy atom. The number of anilines is 2. The summed E-state index contributed by atoms with van der Waals surface area (Å²) in [6.07, 6.45) is -0.194. The van der Waals surface area contributed by atoms with Crippen LogP contribution in [0.3, 0.4) is 0 Å². The van der Waals surface area contributed by atoms with Crippen LogP contribution in [0.1, 0.15) is 42.6 Å². The zero-order valence-electron chi connectivity index (χ0n) is 18.5. The number of hydrogen-bond acceptors (Lipinski definition) is 6. The van der Waals surface area contributed by atoms with Gasteiger partial charge in [-0.3, -0.25) is 14.4 Å². The van der Waals surface area contributed by atoms with E-state index in [0.717, 1.165) is 5.56 Å². The molecule has 8 heteroatoms. The molecular formula is C24H28N2O6. The van der Waals surface area contributed by atoms with E-state index in [1.165, 1.54) is 12.1 Å². The molecule has 2 amide bonds. The van der Waals surface area contributed by atoms with Crippen molar-refractivity contribution in [1.29, 1.82) is 0 Å². The Morgan fingerprint density at radius 2 is 1.34 bits per heavy atom.